The van der Waals surface area contributed by atoms with Crippen molar-refractivity contribution in [3.05, 3.63) is 35.4 Å². The third-order valence-corrected chi connectivity index (χ3v) is 3.62. The number of carbonyl (C=O) groups excluding carboxylic acids is 1. The summed E-state index contributed by atoms with van der Waals surface area (Å²) < 4.78 is 5.37. The van der Waals surface area contributed by atoms with Crippen molar-refractivity contribution >= 4 is 6.29 Å². The van der Waals surface area contributed by atoms with Gasteiger partial charge in [0.25, 0.3) is 0 Å². The summed E-state index contributed by atoms with van der Waals surface area (Å²) in [7, 11) is 1.75. The highest BCUT2D eigenvalue weighted by molar-refractivity contribution is 5.75. The fourth-order valence-electron chi connectivity index (χ4n) is 2.79. The minimum atomic E-state index is 0.147. The van der Waals surface area contributed by atoms with Crippen LogP contribution in [0.3, 0.4) is 0 Å². The molecule has 0 aliphatic heterocycles. The number of carbonyl (C=O) groups is 1. The molecule has 2 heteroatoms. The van der Waals surface area contributed by atoms with Crippen LogP contribution < -0.4 is 0 Å². The van der Waals surface area contributed by atoms with Crippen molar-refractivity contribution in [3.8, 4) is 0 Å². The summed E-state index contributed by atoms with van der Waals surface area (Å²) in [6, 6.07) is 7.95. The Morgan fingerprint density at radius 2 is 2.12 bits per heavy atom. The topological polar surface area (TPSA) is 26.3 Å². The molecule has 1 aromatic rings. The average Bonchev–Trinajstić information content (AvgIpc) is 2.80. The Morgan fingerprint density at radius 1 is 1.38 bits per heavy atom. The van der Waals surface area contributed by atoms with Gasteiger partial charge in [-0.2, -0.15) is 0 Å². The summed E-state index contributed by atoms with van der Waals surface area (Å²) in [6.45, 7) is 0.759. The zero-order chi connectivity index (χ0) is 11.4. The van der Waals surface area contributed by atoms with Crippen molar-refractivity contribution in [1.82, 2.24) is 0 Å². The summed E-state index contributed by atoms with van der Waals surface area (Å²) in [6.07, 6.45) is 5.77. The zero-order valence-electron chi connectivity index (χ0n) is 9.74. The minimum Gasteiger partial charge on any atom is -0.384 e. The fourth-order valence-corrected chi connectivity index (χ4v) is 2.79. The summed E-state index contributed by atoms with van der Waals surface area (Å²) in [4.78, 5) is 10.8. The van der Waals surface area contributed by atoms with Gasteiger partial charge in [0, 0.05) is 18.1 Å². The molecule has 1 saturated carbocycles. The molecule has 16 heavy (non-hydrogen) atoms. The highest BCUT2D eigenvalue weighted by Gasteiger charge is 2.35. The van der Waals surface area contributed by atoms with E-state index in [0.29, 0.717) is 0 Å². The van der Waals surface area contributed by atoms with Crippen molar-refractivity contribution in [2.75, 3.05) is 13.7 Å². The first kappa shape index (κ1) is 11.3. The van der Waals surface area contributed by atoms with E-state index in [1.54, 1.807) is 7.11 Å². The lowest BCUT2D eigenvalue weighted by Gasteiger charge is -2.29. The maximum atomic E-state index is 10.8. The molecule has 0 N–H and O–H groups in total. The molecule has 0 unspecified atom stereocenters. The van der Waals surface area contributed by atoms with Crippen LogP contribution in [-0.4, -0.2) is 20.0 Å². The van der Waals surface area contributed by atoms with Gasteiger partial charge in [0.2, 0.25) is 0 Å². The molecule has 1 aliphatic carbocycles. The Kier molecular flexibility index (Phi) is 3.39. The first-order valence-corrected chi connectivity index (χ1v) is 5.85. The Bertz CT molecular complexity index is 365. The largest absolute Gasteiger partial charge is 0.384 e. The first-order valence-electron chi connectivity index (χ1n) is 5.85. The van der Waals surface area contributed by atoms with Crippen LogP contribution in [-0.2, 0) is 10.2 Å². The third-order valence-electron chi connectivity index (χ3n) is 3.62. The smallest absolute Gasteiger partial charge is 0.150 e. The van der Waals surface area contributed by atoms with Crippen molar-refractivity contribution in [1.29, 1.82) is 0 Å². The Hall–Kier alpha value is -1.15. The maximum Gasteiger partial charge on any atom is 0.150 e. The van der Waals surface area contributed by atoms with Gasteiger partial charge in [0.15, 0.2) is 0 Å². The van der Waals surface area contributed by atoms with Gasteiger partial charge >= 0.3 is 0 Å². The van der Waals surface area contributed by atoms with Crippen LogP contribution >= 0.6 is 0 Å². The molecule has 0 amide bonds. The summed E-state index contributed by atoms with van der Waals surface area (Å²) in [5, 5.41) is 0. The van der Waals surface area contributed by atoms with Crippen molar-refractivity contribution in [2.24, 2.45) is 0 Å². The number of hydrogen-bond donors (Lipinski definition) is 0. The summed E-state index contributed by atoms with van der Waals surface area (Å²) in [5.41, 5.74) is 2.17. The Balaban J connectivity index is 2.34. The number of benzene rings is 1. The molecule has 0 spiro atoms. The maximum absolute atomic E-state index is 10.8. The molecule has 2 nitrogen and oxygen atoms in total. The van der Waals surface area contributed by atoms with E-state index >= 15 is 0 Å². The standard InChI is InChI=1S/C14H18O2/c1-16-11-14(7-2-3-8-14)13-6-4-5-12(9-13)10-15/h4-6,9-10H,2-3,7-8,11H2,1H3. The summed E-state index contributed by atoms with van der Waals surface area (Å²) >= 11 is 0. The number of ether oxygens (including phenoxy) is 1. The minimum absolute atomic E-state index is 0.147. The van der Waals surface area contributed by atoms with Gasteiger partial charge in [-0.3, -0.25) is 4.79 Å². The lowest BCUT2D eigenvalue weighted by Crippen LogP contribution is -2.28. The molecular formula is C14H18O2. The molecular weight excluding hydrogens is 200 g/mol. The van der Waals surface area contributed by atoms with E-state index in [1.165, 1.54) is 31.2 Å². The van der Waals surface area contributed by atoms with Gasteiger partial charge in [-0.25, -0.2) is 0 Å². The molecule has 0 radical (unpaired) electrons. The van der Waals surface area contributed by atoms with Crippen molar-refractivity contribution in [3.63, 3.8) is 0 Å². The normalized spacial score (nSPS) is 18.6. The highest BCUT2D eigenvalue weighted by atomic mass is 16.5. The lowest BCUT2D eigenvalue weighted by molar-refractivity contribution is 0.112. The van der Waals surface area contributed by atoms with E-state index in [1.807, 2.05) is 18.2 Å². The fraction of sp³-hybridized carbons (Fsp3) is 0.500. The third kappa shape index (κ3) is 2.03. The number of rotatable bonds is 4. The summed E-state index contributed by atoms with van der Waals surface area (Å²) in [5.74, 6) is 0. The van der Waals surface area contributed by atoms with E-state index in [2.05, 4.69) is 6.07 Å². The van der Waals surface area contributed by atoms with Gasteiger partial charge in [-0.05, 0) is 24.5 Å². The van der Waals surface area contributed by atoms with Crippen molar-refractivity contribution in [2.45, 2.75) is 31.1 Å². The molecule has 1 fully saturated rings. The number of methoxy groups -OCH3 is 1. The van der Waals surface area contributed by atoms with Gasteiger partial charge in [0.05, 0.1) is 6.61 Å². The SMILES string of the molecule is COCC1(c2cccc(C=O)c2)CCCC1. The highest BCUT2D eigenvalue weighted by Crippen LogP contribution is 2.41. The number of aldehydes is 1. The predicted molar refractivity (Wildman–Crippen MR) is 63.9 cm³/mol. The predicted octanol–water partition coefficient (Wildman–Crippen LogP) is 2.96. The van der Waals surface area contributed by atoms with Crippen LogP contribution in [0, 0.1) is 0 Å². The van der Waals surface area contributed by atoms with E-state index in [9.17, 15) is 4.79 Å². The van der Waals surface area contributed by atoms with Crippen molar-refractivity contribution < 1.29 is 9.53 Å². The van der Waals surface area contributed by atoms with Crippen LogP contribution in [0.15, 0.2) is 24.3 Å². The van der Waals surface area contributed by atoms with Crippen LogP contribution in [0.1, 0.15) is 41.6 Å². The lowest BCUT2D eigenvalue weighted by atomic mass is 9.79. The molecule has 0 heterocycles. The quantitative estimate of drug-likeness (QED) is 0.726. The second-order valence-corrected chi connectivity index (χ2v) is 4.66. The average molecular weight is 218 g/mol. The van der Waals surface area contributed by atoms with Gasteiger partial charge in [0.1, 0.15) is 6.29 Å². The monoisotopic (exact) mass is 218 g/mol. The van der Waals surface area contributed by atoms with Crippen LogP contribution in [0.25, 0.3) is 0 Å². The second-order valence-electron chi connectivity index (χ2n) is 4.66. The Labute approximate surface area is 96.6 Å². The zero-order valence-corrected chi connectivity index (χ0v) is 9.74. The molecule has 0 atom stereocenters. The van der Waals surface area contributed by atoms with Gasteiger partial charge in [-0.15, -0.1) is 0 Å². The first-order chi connectivity index (χ1) is 7.80. The molecule has 1 aromatic carbocycles. The molecule has 86 valence electrons. The molecule has 0 aromatic heterocycles. The molecule has 1 aliphatic rings. The van der Waals surface area contributed by atoms with Crippen LogP contribution in [0.4, 0.5) is 0 Å². The van der Waals surface area contributed by atoms with Crippen LogP contribution in [0.5, 0.6) is 0 Å². The van der Waals surface area contributed by atoms with Gasteiger partial charge in [-0.1, -0.05) is 31.0 Å². The van der Waals surface area contributed by atoms with E-state index < -0.39 is 0 Å². The molecule has 0 saturated heterocycles. The molecule has 2 rings (SSSR count). The van der Waals surface area contributed by atoms with E-state index in [-0.39, 0.29) is 5.41 Å². The van der Waals surface area contributed by atoms with Crippen LogP contribution in [0.2, 0.25) is 0 Å². The van der Waals surface area contributed by atoms with E-state index in [0.717, 1.165) is 18.5 Å². The number of hydrogen-bond acceptors (Lipinski definition) is 2. The van der Waals surface area contributed by atoms with Gasteiger partial charge < -0.3 is 4.74 Å². The second kappa shape index (κ2) is 4.79. The van der Waals surface area contributed by atoms with E-state index in [4.69, 9.17) is 4.74 Å². The Morgan fingerprint density at radius 3 is 2.75 bits per heavy atom. The molecule has 0 bridgehead atoms.